The van der Waals surface area contributed by atoms with Gasteiger partial charge < -0.3 is 20.0 Å². The fourth-order valence-electron chi connectivity index (χ4n) is 2.07. The van der Waals surface area contributed by atoms with Gasteiger partial charge in [0.05, 0.1) is 0 Å². The Morgan fingerprint density at radius 3 is 2.48 bits per heavy atom. The second-order valence-corrected chi connectivity index (χ2v) is 8.84. The summed E-state index contributed by atoms with van der Waals surface area (Å²) in [5.74, 6) is -0.540. The van der Waals surface area contributed by atoms with Gasteiger partial charge in [0.2, 0.25) is 0 Å². The molecule has 27 heavy (non-hydrogen) atoms. The third kappa shape index (κ3) is 11.2. The molecule has 0 spiro atoms. The zero-order chi connectivity index (χ0) is 20.7. The van der Waals surface area contributed by atoms with E-state index in [1.807, 2.05) is 19.9 Å². The fourth-order valence-corrected chi connectivity index (χ4v) is 3.70. The van der Waals surface area contributed by atoms with Crippen molar-refractivity contribution in [2.45, 2.75) is 39.8 Å². The van der Waals surface area contributed by atoms with E-state index in [2.05, 4.69) is 9.63 Å². The molecule has 2 unspecified atom stereocenters. The standard InChI is InChI=1S/C16H24FNO7P2/c1-12(2)6-4-7-13(3)10-16(18-15-9-5-8-14(17)11-15)24-27(22,23)25-26(19,20)21/h5-6,8-11,16,18H,4,7H2,1-3H3,(H,22,23)(H2,19,20,21). The largest absolute Gasteiger partial charge is 0.483 e. The molecule has 0 radical (unpaired) electrons. The summed E-state index contributed by atoms with van der Waals surface area (Å²) >= 11 is 0. The molecule has 0 bridgehead atoms. The summed E-state index contributed by atoms with van der Waals surface area (Å²) in [7, 11) is -10.3. The van der Waals surface area contributed by atoms with Crippen LogP contribution in [0.15, 0.2) is 47.6 Å². The highest BCUT2D eigenvalue weighted by molar-refractivity contribution is 7.60. The summed E-state index contributed by atoms with van der Waals surface area (Å²) in [5.41, 5.74) is 2.16. The number of rotatable bonds is 10. The van der Waals surface area contributed by atoms with Crippen LogP contribution in [0.3, 0.4) is 0 Å². The molecule has 8 nitrogen and oxygen atoms in total. The minimum Gasteiger partial charge on any atom is -0.356 e. The number of anilines is 1. The number of halogens is 1. The second kappa shape index (κ2) is 10.3. The summed E-state index contributed by atoms with van der Waals surface area (Å²) in [6, 6.07) is 5.27. The van der Waals surface area contributed by atoms with E-state index in [1.165, 1.54) is 24.3 Å². The van der Waals surface area contributed by atoms with E-state index in [9.17, 15) is 18.4 Å². The minimum atomic E-state index is -5.25. The SMILES string of the molecule is CC(C)=CCCC(C)=CC(Nc1cccc(F)c1)OP(=O)(O)OP(=O)(O)O. The highest BCUT2D eigenvalue weighted by Crippen LogP contribution is 2.58. The highest BCUT2D eigenvalue weighted by Gasteiger charge is 2.34. The van der Waals surface area contributed by atoms with Crippen LogP contribution in [0.2, 0.25) is 0 Å². The maximum Gasteiger partial charge on any atom is 0.483 e. The van der Waals surface area contributed by atoms with Crippen molar-refractivity contribution < 1.29 is 37.0 Å². The topological polar surface area (TPSA) is 125 Å². The van der Waals surface area contributed by atoms with Crippen LogP contribution in [0, 0.1) is 5.82 Å². The van der Waals surface area contributed by atoms with E-state index in [0.29, 0.717) is 6.42 Å². The molecule has 0 saturated carbocycles. The number of phosphoric ester groups is 1. The first-order valence-electron chi connectivity index (χ1n) is 7.97. The normalized spacial score (nSPS) is 15.7. The Labute approximate surface area is 157 Å². The van der Waals surface area contributed by atoms with Crippen molar-refractivity contribution in [2.24, 2.45) is 0 Å². The maximum absolute atomic E-state index is 13.3. The summed E-state index contributed by atoms with van der Waals surface area (Å²) in [4.78, 5) is 27.0. The van der Waals surface area contributed by atoms with Crippen LogP contribution in [0.4, 0.5) is 10.1 Å². The molecule has 1 aromatic carbocycles. The molecule has 4 N–H and O–H groups in total. The lowest BCUT2D eigenvalue weighted by atomic mass is 10.1. The molecule has 0 amide bonds. The van der Waals surface area contributed by atoms with Crippen molar-refractivity contribution in [3.8, 4) is 0 Å². The third-order valence-electron chi connectivity index (χ3n) is 3.12. The zero-order valence-electron chi connectivity index (χ0n) is 15.2. The average molecular weight is 423 g/mol. The summed E-state index contributed by atoms with van der Waals surface area (Å²) in [5, 5.41) is 2.67. The number of allylic oxidation sites excluding steroid dienone is 3. The van der Waals surface area contributed by atoms with E-state index >= 15 is 0 Å². The number of benzene rings is 1. The summed E-state index contributed by atoms with van der Waals surface area (Å²) in [6.45, 7) is 5.67. The van der Waals surface area contributed by atoms with Crippen LogP contribution in [0.25, 0.3) is 0 Å². The van der Waals surface area contributed by atoms with Gasteiger partial charge in [0.15, 0.2) is 6.23 Å². The molecule has 0 saturated heterocycles. The van der Waals surface area contributed by atoms with Crippen molar-refractivity contribution in [2.75, 3.05) is 5.32 Å². The fraction of sp³-hybridized carbons (Fsp3) is 0.375. The van der Waals surface area contributed by atoms with Gasteiger partial charge in [0.25, 0.3) is 0 Å². The lowest BCUT2D eigenvalue weighted by molar-refractivity contribution is 0.162. The van der Waals surface area contributed by atoms with Gasteiger partial charge in [0.1, 0.15) is 5.82 Å². The zero-order valence-corrected chi connectivity index (χ0v) is 17.0. The first kappa shape index (κ1) is 23.7. The van der Waals surface area contributed by atoms with Crippen LogP contribution in [-0.4, -0.2) is 20.9 Å². The molecule has 0 aliphatic heterocycles. The second-order valence-electron chi connectivity index (χ2n) is 6.05. The van der Waals surface area contributed by atoms with Gasteiger partial charge in [-0.05, 0) is 57.9 Å². The van der Waals surface area contributed by atoms with Gasteiger partial charge in [0, 0.05) is 5.69 Å². The molecule has 0 aliphatic rings. The van der Waals surface area contributed by atoms with Gasteiger partial charge in [-0.25, -0.2) is 13.5 Å². The Balaban J connectivity index is 2.99. The maximum atomic E-state index is 13.3. The van der Waals surface area contributed by atoms with Crippen LogP contribution < -0.4 is 5.32 Å². The molecule has 0 aromatic heterocycles. The van der Waals surface area contributed by atoms with Gasteiger partial charge in [-0.1, -0.05) is 23.3 Å². The van der Waals surface area contributed by atoms with Crippen LogP contribution >= 0.6 is 15.6 Å². The number of hydrogen-bond acceptors (Lipinski definition) is 5. The van der Waals surface area contributed by atoms with Gasteiger partial charge in [-0.15, -0.1) is 0 Å². The van der Waals surface area contributed by atoms with E-state index in [-0.39, 0.29) is 5.69 Å². The first-order valence-corrected chi connectivity index (χ1v) is 11.0. The average Bonchev–Trinajstić information content (AvgIpc) is 2.43. The molecule has 152 valence electrons. The molecule has 2 atom stereocenters. The molecule has 1 rings (SSSR count). The Morgan fingerprint density at radius 2 is 1.93 bits per heavy atom. The Morgan fingerprint density at radius 1 is 1.26 bits per heavy atom. The van der Waals surface area contributed by atoms with Gasteiger partial charge >= 0.3 is 15.6 Å². The van der Waals surface area contributed by atoms with Crippen molar-refractivity contribution in [1.29, 1.82) is 0 Å². The first-order chi connectivity index (χ1) is 12.4. The van der Waals surface area contributed by atoms with Crippen molar-refractivity contribution >= 4 is 21.3 Å². The Hall–Kier alpha value is -1.31. The quantitative estimate of drug-likeness (QED) is 0.247. The Kier molecular flexibility index (Phi) is 9.05. The third-order valence-corrected chi connectivity index (χ3v) is 5.29. The predicted molar refractivity (Wildman–Crippen MR) is 100 cm³/mol. The van der Waals surface area contributed by atoms with E-state index in [0.717, 1.165) is 23.6 Å². The molecule has 1 aromatic rings. The van der Waals surface area contributed by atoms with Crippen LogP contribution in [0.1, 0.15) is 33.6 Å². The van der Waals surface area contributed by atoms with Gasteiger partial charge in [-0.3, -0.25) is 4.52 Å². The molecular formula is C16H24FNO7P2. The highest BCUT2D eigenvalue weighted by atomic mass is 31.3. The summed E-state index contributed by atoms with van der Waals surface area (Å²) < 4.78 is 44.7. The Bertz CT molecular complexity index is 787. The molecule has 0 fully saturated rings. The van der Waals surface area contributed by atoms with E-state index in [4.69, 9.17) is 14.3 Å². The predicted octanol–water partition coefficient (Wildman–Crippen LogP) is 4.48. The van der Waals surface area contributed by atoms with Crippen LogP contribution in [0.5, 0.6) is 0 Å². The minimum absolute atomic E-state index is 0.240. The number of phosphoric acid groups is 2. The molecular weight excluding hydrogens is 399 g/mol. The van der Waals surface area contributed by atoms with Crippen LogP contribution in [-0.2, 0) is 18.0 Å². The smallest absolute Gasteiger partial charge is 0.356 e. The van der Waals surface area contributed by atoms with Gasteiger partial charge in [-0.2, -0.15) is 4.31 Å². The lowest BCUT2D eigenvalue weighted by Gasteiger charge is -2.21. The van der Waals surface area contributed by atoms with E-state index < -0.39 is 27.7 Å². The monoisotopic (exact) mass is 423 g/mol. The number of hydrogen-bond donors (Lipinski definition) is 4. The van der Waals surface area contributed by atoms with Crippen molar-refractivity contribution in [3.63, 3.8) is 0 Å². The van der Waals surface area contributed by atoms with E-state index in [1.54, 1.807) is 6.92 Å². The molecule has 11 heteroatoms. The molecule has 0 heterocycles. The van der Waals surface area contributed by atoms with Crippen molar-refractivity contribution in [3.05, 3.63) is 53.4 Å². The lowest BCUT2D eigenvalue weighted by Crippen LogP contribution is -2.20. The van der Waals surface area contributed by atoms with Crippen molar-refractivity contribution in [1.82, 2.24) is 0 Å². The summed E-state index contributed by atoms with van der Waals surface area (Å²) in [6.07, 6.45) is 3.52. The molecule has 0 aliphatic carbocycles. The number of nitrogens with one attached hydrogen (secondary N) is 1.